The maximum atomic E-state index is 9.16. The van der Waals surface area contributed by atoms with Gasteiger partial charge in [-0.3, -0.25) is 0 Å². The minimum Gasteiger partial charge on any atom is -0.508 e. The summed E-state index contributed by atoms with van der Waals surface area (Å²) in [5.74, 6) is 0.322. The summed E-state index contributed by atoms with van der Waals surface area (Å²) in [7, 11) is 0. The van der Waals surface area contributed by atoms with Crippen molar-refractivity contribution in [2.45, 2.75) is 13.3 Å². The highest BCUT2D eigenvalue weighted by Crippen LogP contribution is 2.32. The summed E-state index contributed by atoms with van der Waals surface area (Å²) in [5.41, 5.74) is 6.65. The monoisotopic (exact) mass is 274 g/mol. The Kier molecular flexibility index (Phi) is 3.74. The summed E-state index contributed by atoms with van der Waals surface area (Å²) < 4.78 is 0. The zero-order valence-electron chi connectivity index (χ0n) is 12.1. The van der Waals surface area contributed by atoms with Gasteiger partial charge in [0.05, 0.1) is 0 Å². The molecule has 0 aliphatic heterocycles. The molecule has 0 unspecified atom stereocenters. The standard InChI is InChI=1S/C14H14O.C6H4/c1-11-2-4-12(5-3-11)10-13-6-8-14(15)9-7-13;1-2-5-4-6(5)3-1/h2-9,15H,10H2,1H3;1-4H. The van der Waals surface area contributed by atoms with Crippen molar-refractivity contribution in [2.75, 3.05) is 0 Å². The largest absolute Gasteiger partial charge is 0.508 e. The van der Waals surface area contributed by atoms with Gasteiger partial charge in [0.2, 0.25) is 0 Å². The first-order chi connectivity index (χ1) is 10.2. The maximum absolute atomic E-state index is 9.16. The second kappa shape index (κ2) is 5.84. The van der Waals surface area contributed by atoms with Gasteiger partial charge < -0.3 is 5.11 Å². The van der Waals surface area contributed by atoms with Gasteiger partial charge in [-0.2, -0.15) is 0 Å². The lowest BCUT2D eigenvalue weighted by molar-refractivity contribution is 0.475. The average molecular weight is 274 g/mol. The van der Waals surface area contributed by atoms with Crippen LogP contribution in [0.5, 0.6) is 5.75 Å². The Bertz CT molecular complexity index is 664. The van der Waals surface area contributed by atoms with Gasteiger partial charge in [0.25, 0.3) is 0 Å². The van der Waals surface area contributed by atoms with Crippen molar-refractivity contribution in [2.24, 2.45) is 0 Å². The van der Waals surface area contributed by atoms with Crippen molar-refractivity contribution in [3.8, 4) is 16.9 Å². The van der Waals surface area contributed by atoms with Crippen LogP contribution in [0.1, 0.15) is 16.7 Å². The summed E-state index contributed by atoms with van der Waals surface area (Å²) in [6.07, 6.45) is 0.917. The highest BCUT2D eigenvalue weighted by molar-refractivity contribution is 5.80. The Labute approximate surface area is 125 Å². The number of fused-ring (bicyclic) bond motifs is 1. The van der Waals surface area contributed by atoms with Gasteiger partial charge in [0.15, 0.2) is 0 Å². The topological polar surface area (TPSA) is 20.2 Å². The predicted molar refractivity (Wildman–Crippen MR) is 87.5 cm³/mol. The summed E-state index contributed by atoms with van der Waals surface area (Å²) in [5, 5.41) is 9.16. The van der Waals surface area contributed by atoms with E-state index in [1.807, 2.05) is 12.1 Å². The highest BCUT2D eigenvalue weighted by atomic mass is 16.3. The Morgan fingerprint density at radius 2 is 1.24 bits per heavy atom. The fraction of sp³-hybridized carbons (Fsp3) is 0.100. The SMILES string of the molecule is Cc1ccc(Cc2ccc(O)cc2)cc1.c1cc2cc-2c1. The molecule has 1 heteroatoms. The number of benzene rings is 3. The lowest BCUT2D eigenvalue weighted by Gasteiger charge is -2.02. The van der Waals surface area contributed by atoms with Gasteiger partial charge in [-0.15, -0.1) is 0 Å². The Morgan fingerprint density at radius 1 is 0.714 bits per heavy atom. The molecular formula is C20H18O. The Balaban J connectivity index is 0.000000180. The molecule has 0 saturated heterocycles. The fourth-order valence-electron chi connectivity index (χ4n) is 2.23. The van der Waals surface area contributed by atoms with Crippen LogP contribution < -0.4 is 0 Å². The van der Waals surface area contributed by atoms with Crippen molar-refractivity contribution in [3.63, 3.8) is 0 Å². The molecule has 1 nitrogen and oxygen atoms in total. The summed E-state index contributed by atoms with van der Waals surface area (Å²) >= 11 is 0. The number of aromatic hydroxyl groups is 1. The molecule has 0 atom stereocenters. The van der Waals surface area contributed by atoms with Crippen LogP contribution in [-0.4, -0.2) is 5.11 Å². The lowest BCUT2D eigenvalue weighted by Crippen LogP contribution is -1.87. The van der Waals surface area contributed by atoms with E-state index in [9.17, 15) is 0 Å². The molecule has 0 bridgehead atoms. The molecule has 0 radical (unpaired) electrons. The van der Waals surface area contributed by atoms with Crippen molar-refractivity contribution >= 4 is 0 Å². The van der Waals surface area contributed by atoms with Crippen molar-refractivity contribution in [1.29, 1.82) is 0 Å². The number of hydrogen-bond donors (Lipinski definition) is 1. The minimum atomic E-state index is 0.322. The van der Waals surface area contributed by atoms with E-state index in [1.54, 1.807) is 12.1 Å². The van der Waals surface area contributed by atoms with E-state index >= 15 is 0 Å². The minimum absolute atomic E-state index is 0.322. The lowest BCUT2D eigenvalue weighted by atomic mass is 10.0. The molecule has 0 amide bonds. The molecule has 0 spiro atoms. The van der Waals surface area contributed by atoms with Crippen LogP contribution in [0.3, 0.4) is 0 Å². The van der Waals surface area contributed by atoms with Crippen molar-refractivity contribution < 1.29 is 5.11 Å². The molecule has 0 heterocycles. The smallest absolute Gasteiger partial charge is 0.115 e. The molecule has 21 heavy (non-hydrogen) atoms. The maximum Gasteiger partial charge on any atom is 0.115 e. The molecule has 104 valence electrons. The summed E-state index contributed by atoms with van der Waals surface area (Å²) in [4.78, 5) is 0. The van der Waals surface area contributed by atoms with Gasteiger partial charge in [0, 0.05) is 0 Å². The van der Waals surface area contributed by atoms with Crippen LogP contribution in [0.15, 0.2) is 72.8 Å². The van der Waals surface area contributed by atoms with Gasteiger partial charge in [0.1, 0.15) is 5.75 Å². The summed E-state index contributed by atoms with van der Waals surface area (Å²) in [6, 6.07) is 24.4. The van der Waals surface area contributed by atoms with Gasteiger partial charge in [-0.25, -0.2) is 0 Å². The van der Waals surface area contributed by atoms with E-state index in [0.717, 1.165) is 6.42 Å². The predicted octanol–water partition coefficient (Wildman–Crippen LogP) is 4.96. The van der Waals surface area contributed by atoms with Crippen LogP contribution in [0.25, 0.3) is 11.1 Å². The van der Waals surface area contributed by atoms with Crippen LogP contribution in [0.4, 0.5) is 0 Å². The molecule has 2 aromatic rings. The zero-order valence-corrected chi connectivity index (χ0v) is 12.1. The molecule has 2 aliphatic rings. The number of phenols is 1. The molecule has 0 saturated carbocycles. The van der Waals surface area contributed by atoms with Crippen molar-refractivity contribution in [1.82, 2.24) is 0 Å². The normalized spacial score (nSPS) is 10.5. The average Bonchev–Trinajstić information content (AvgIpc) is 3.10. The van der Waals surface area contributed by atoms with E-state index in [-0.39, 0.29) is 0 Å². The first-order valence-corrected chi connectivity index (χ1v) is 7.14. The third kappa shape index (κ3) is 3.73. The van der Waals surface area contributed by atoms with Crippen LogP contribution in [-0.2, 0) is 6.42 Å². The second-order valence-corrected chi connectivity index (χ2v) is 5.41. The Hall–Kier alpha value is -2.54. The molecule has 0 aromatic heterocycles. The molecule has 2 aliphatic carbocycles. The molecule has 4 rings (SSSR count). The second-order valence-electron chi connectivity index (χ2n) is 5.41. The third-order valence-electron chi connectivity index (χ3n) is 3.58. The van der Waals surface area contributed by atoms with Crippen LogP contribution >= 0.6 is 0 Å². The third-order valence-corrected chi connectivity index (χ3v) is 3.58. The van der Waals surface area contributed by atoms with Crippen molar-refractivity contribution in [3.05, 3.63) is 89.5 Å². The van der Waals surface area contributed by atoms with Gasteiger partial charge in [-0.05, 0) is 53.8 Å². The van der Waals surface area contributed by atoms with E-state index in [2.05, 4.69) is 55.5 Å². The van der Waals surface area contributed by atoms with E-state index < -0.39 is 0 Å². The molecule has 1 N–H and O–H groups in total. The highest BCUT2D eigenvalue weighted by Gasteiger charge is 2.07. The number of aryl methyl sites for hydroxylation is 1. The number of rotatable bonds is 2. The molecule has 2 aromatic carbocycles. The number of phenolic OH excluding ortho intramolecular Hbond substituents is 1. The van der Waals surface area contributed by atoms with E-state index in [1.165, 1.54) is 27.8 Å². The van der Waals surface area contributed by atoms with Gasteiger partial charge >= 0.3 is 0 Å². The first-order valence-electron chi connectivity index (χ1n) is 7.14. The Morgan fingerprint density at radius 3 is 1.67 bits per heavy atom. The molecular weight excluding hydrogens is 256 g/mol. The first kappa shape index (κ1) is 13.4. The van der Waals surface area contributed by atoms with Crippen LogP contribution in [0, 0.1) is 6.92 Å². The summed E-state index contributed by atoms with van der Waals surface area (Å²) in [6.45, 7) is 2.09. The zero-order chi connectivity index (χ0) is 14.7. The van der Waals surface area contributed by atoms with E-state index in [0.29, 0.717) is 5.75 Å². The fourth-order valence-corrected chi connectivity index (χ4v) is 2.23. The number of hydrogen-bond acceptors (Lipinski definition) is 1. The van der Waals surface area contributed by atoms with E-state index in [4.69, 9.17) is 5.11 Å². The van der Waals surface area contributed by atoms with Crippen LogP contribution in [0.2, 0.25) is 0 Å². The quantitative estimate of drug-likeness (QED) is 0.548. The molecule has 0 fully saturated rings. The van der Waals surface area contributed by atoms with Gasteiger partial charge in [-0.1, -0.05) is 60.2 Å².